The fourth-order valence-electron chi connectivity index (χ4n) is 1.37. The molecule has 1 aliphatic heterocycles. The predicted molar refractivity (Wildman–Crippen MR) is 49.1 cm³/mol. The number of ether oxygens (including phenoxy) is 1. The molecule has 5 heteroatoms. The van der Waals surface area contributed by atoms with Crippen molar-refractivity contribution in [2.45, 2.75) is 6.10 Å². The lowest BCUT2D eigenvalue weighted by atomic mass is 10.1. The summed E-state index contributed by atoms with van der Waals surface area (Å²) in [6.45, 7) is 0. The first-order chi connectivity index (χ1) is 7.11. The summed E-state index contributed by atoms with van der Waals surface area (Å²) in [5.74, 6) is -2.31. The maximum atomic E-state index is 13.3. The summed E-state index contributed by atoms with van der Waals surface area (Å²) in [5.41, 5.74) is 5.27. The number of carbonyl (C=O) groups is 1. The van der Waals surface area contributed by atoms with Crippen LogP contribution in [0.15, 0.2) is 35.9 Å². The van der Waals surface area contributed by atoms with E-state index in [1.165, 1.54) is 18.2 Å². The van der Waals surface area contributed by atoms with E-state index in [9.17, 15) is 9.18 Å². The second-order valence-electron chi connectivity index (χ2n) is 3.10. The van der Waals surface area contributed by atoms with E-state index < -0.39 is 23.5 Å². The smallest absolute Gasteiger partial charge is 0.247 e. The summed E-state index contributed by atoms with van der Waals surface area (Å²) >= 11 is 0. The number of nitrogens with two attached hydrogens (primary N) is 1. The lowest BCUT2D eigenvalue weighted by Crippen LogP contribution is -2.11. The van der Waals surface area contributed by atoms with Crippen molar-refractivity contribution in [3.05, 3.63) is 47.3 Å². The molecule has 1 atom stereocenters. The molecular formula is C10H8FNO3. The zero-order valence-corrected chi connectivity index (χ0v) is 7.61. The standard InChI is InChI=1S/C10H8FNO3/c11-6-4-2-1-3-5(6)9-7(13)8(14)10(12)15-9/h1-4,9,14H,12H2/t9-/m0/s1. The molecule has 4 nitrogen and oxygen atoms in total. The number of halogens is 1. The van der Waals surface area contributed by atoms with E-state index in [1.54, 1.807) is 6.07 Å². The molecule has 1 heterocycles. The van der Waals surface area contributed by atoms with Crippen LogP contribution in [0.2, 0.25) is 0 Å². The second-order valence-corrected chi connectivity index (χ2v) is 3.10. The Hall–Kier alpha value is -2.04. The van der Waals surface area contributed by atoms with Gasteiger partial charge in [0.15, 0.2) is 6.10 Å². The Morgan fingerprint density at radius 1 is 1.40 bits per heavy atom. The van der Waals surface area contributed by atoms with Gasteiger partial charge in [0.2, 0.25) is 17.4 Å². The average molecular weight is 209 g/mol. The molecule has 3 N–H and O–H groups in total. The first kappa shape index (κ1) is 9.51. The molecule has 1 aromatic rings. The second kappa shape index (κ2) is 3.27. The molecular weight excluding hydrogens is 201 g/mol. The van der Waals surface area contributed by atoms with E-state index in [0.29, 0.717) is 0 Å². The molecule has 0 radical (unpaired) electrons. The van der Waals surface area contributed by atoms with Crippen LogP contribution in [0.25, 0.3) is 0 Å². The van der Waals surface area contributed by atoms with Crippen molar-refractivity contribution in [3.8, 4) is 0 Å². The van der Waals surface area contributed by atoms with Crippen LogP contribution < -0.4 is 5.73 Å². The van der Waals surface area contributed by atoms with Gasteiger partial charge in [0.05, 0.1) is 0 Å². The van der Waals surface area contributed by atoms with Crippen LogP contribution in [0.4, 0.5) is 4.39 Å². The van der Waals surface area contributed by atoms with Gasteiger partial charge in [-0.15, -0.1) is 0 Å². The fourth-order valence-corrected chi connectivity index (χ4v) is 1.37. The normalized spacial score (nSPS) is 20.6. The SMILES string of the molecule is NC1=C(O)C(=O)[C@H](c2ccccc2F)O1. The zero-order valence-electron chi connectivity index (χ0n) is 7.61. The number of ketones is 1. The Labute approximate surface area is 84.8 Å². The summed E-state index contributed by atoms with van der Waals surface area (Å²) < 4.78 is 18.2. The molecule has 1 aliphatic rings. The number of Topliss-reactive ketones (excluding diaryl/α,β-unsaturated/α-hetero) is 1. The molecule has 1 aromatic carbocycles. The Morgan fingerprint density at radius 2 is 2.07 bits per heavy atom. The highest BCUT2D eigenvalue weighted by Crippen LogP contribution is 2.30. The van der Waals surface area contributed by atoms with Crippen molar-refractivity contribution in [1.82, 2.24) is 0 Å². The summed E-state index contributed by atoms with van der Waals surface area (Å²) in [6.07, 6.45) is -1.17. The first-order valence-corrected chi connectivity index (χ1v) is 4.25. The van der Waals surface area contributed by atoms with Gasteiger partial charge in [0, 0.05) is 5.56 Å². The lowest BCUT2D eigenvalue weighted by Gasteiger charge is -2.10. The fraction of sp³-hybridized carbons (Fsp3) is 0.100. The van der Waals surface area contributed by atoms with Crippen molar-refractivity contribution in [1.29, 1.82) is 0 Å². The van der Waals surface area contributed by atoms with Crippen LogP contribution in [0.5, 0.6) is 0 Å². The van der Waals surface area contributed by atoms with Crippen LogP contribution in [0, 0.1) is 5.82 Å². The van der Waals surface area contributed by atoms with Crippen molar-refractivity contribution in [2.75, 3.05) is 0 Å². The largest absolute Gasteiger partial charge is 0.501 e. The van der Waals surface area contributed by atoms with Gasteiger partial charge >= 0.3 is 0 Å². The summed E-state index contributed by atoms with van der Waals surface area (Å²) in [5, 5.41) is 9.15. The Kier molecular flexibility index (Phi) is 2.07. The quantitative estimate of drug-likeness (QED) is 0.727. The molecule has 15 heavy (non-hydrogen) atoms. The van der Waals surface area contributed by atoms with E-state index in [1.807, 2.05) is 0 Å². The summed E-state index contributed by atoms with van der Waals surface area (Å²) in [4.78, 5) is 11.4. The molecule has 2 rings (SSSR count). The van der Waals surface area contributed by atoms with Gasteiger partial charge in [0.25, 0.3) is 0 Å². The highest BCUT2D eigenvalue weighted by molar-refractivity contribution is 5.99. The molecule has 0 bridgehead atoms. The molecule has 0 saturated carbocycles. The lowest BCUT2D eigenvalue weighted by molar-refractivity contribution is -0.123. The van der Waals surface area contributed by atoms with E-state index >= 15 is 0 Å². The highest BCUT2D eigenvalue weighted by Gasteiger charge is 2.36. The molecule has 78 valence electrons. The number of aliphatic hydroxyl groups is 1. The minimum absolute atomic E-state index is 0.0644. The summed E-state index contributed by atoms with van der Waals surface area (Å²) in [7, 11) is 0. The van der Waals surface area contributed by atoms with E-state index in [-0.39, 0.29) is 11.4 Å². The predicted octanol–water partition coefficient (Wildman–Crippen LogP) is 1.15. The zero-order chi connectivity index (χ0) is 11.0. The molecule has 0 aromatic heterocycles. The van der Waals surface area contributed by atoms with Crippen molar-refractivity contribution < 1.29 is 19.0 Å². The van der Waals surface area contributed by atoms with Crippen molar-refractivity contribution in [3.63, 3.8) is 0 Å². The number of benzene rings is 1. The van der Waals surface area contributed by atoms with Crippen molar-refractivity contribution >= 4 is 5.78 Å². The van der Waals surface area contributed by atoms with Crippen molar-refractivity contribution in [2.24, 2.45) is 5.73 Å². The van der Waals surface area contributed by atoms with E-state index in [0.717, 1.165) is 0 Å². The average Bonchev–Trinajstić information content (AvgIpc) is 2.47. The molecule has 0 saturated heterocycles. The van der Waals surface area contributed by atoms with Gasteiger partial charge in [-0.25, -0.2) is 4.39 Å². The third-order valence-corrected chi connectivity index (χ3v) is 2.14. The van der Waals surface area contributed by atoms with Crippen LogP contribution >= 0.6 is 0 Å². The van der Waals surface area contributed by atoms with Gasteiger partial charge in [-0.3, -0.25) is 4.79 Å². The number of rotatable bonds is 1. The minimum atomic E-state index is -1.17. The molecule has 0 spiro atoms. The monoisotopic (exact) mass is 209 g/mol. The van der Waals surface area contributed by atoms with E-state index in [4.69, 9.17) is 15.6 Å². The van der Waals surface area contributed by atoms with Gasteiger partial charge in [-0.2, -0.15) is 0 Å². The van der Waals surface area contributed by atoms with Crippen LogP contribution in [0.3, 0.4) is 0 Å². The maximum Gasteiger partial charge on any atom is 0.247 e. The van der Waals surface area contributed by atoms with Crippen LogP contribution in [-0.4, -0.2) is 10.9 Å². The summed E-state index contributed by atoms with van der Waals surface area (Å²) in [6, 6.07) is 5.68. The molecule has 0 aliphatic carbocycles. The Morgan fingerprint density at radius 3 is 2.60 bits per heavy atom. The minimum Gasteiger partial charge on any atom is -0.501 e. The third kappa shape index (κ3) is 1.41. The number of aliphatic hydroxyl groups excluding tert-OH is 1. The van der Waals surface area contributed by atoms with E-state index in [2.05, 4.69) is 0 Å². The number of hydrogen-bond donors (Lipinski definition) is 2. The number of carbonyl (C=O) groups excluding carboxylic acids is 1. The number of hydrogen-bond acceptors (Lipinski definition) is 4. The molecule has 0 fully saturated rings. The van der Waals surface area contributed by atoms with Gasteiger partial charge in [0.1, 0.15) is 5.82 Å². The molecule has 0 amide bonds. The van der Waals surface area contributed by atoms with Gasteiger partial charge < -0.3 is 15.6 Å². The van der Waals surface area contributed by atoms with Crippen LogP contribution in [-0.2, 0) is 9.53 Å². The first-order valence-electron chi connectivity index (χ1n) is 4.25. The highest BCUT2D eigenvalue weighted by atomic mass is 19.1. The van der Waals surface area contributed by atoms with Gasteiger partial charge in [-0.05, 0) is 6.07 Å². The topological polar surface area (TPSA) is 72.5 Å². The molecule has 0 unspecified atom stereocenters. The Balaban J connectivity index is 2.37. The Bertz CT molecular complexity index is 456. The maximum absolute atomic E-state index is 13.3. The van der Waals surface area contributed by atoms with Gasteiger partial charge in [-0.1, -0.05) is 18.2 Å². The third-order valence-electron chi connectivity index (χ3n) is 2.14. The van der Waals surface area contributed by atoms with Crippen LogP contribution in [0.1, 0.15) is 11.7 Å².